The van der Waals surface area contributed by atoms with Crippen molar-refractivity contribution in [3.8, 4) is 5.75 Å². The molecular formula is C17H27ClN2O2. The molecule has 1 fully saturated rings. The molecule has 2 unspecified atom stereocenters. The summed E-state index contributed by atoms with van der Waals surface area (Å²) in [5.41, 5.74) is 2.28. The predicted molar refractivity (Wildman–Crippen MR) is 92.0 cm³/mol. The summed E-state index contributed by atoms with van der Waals surface area (Å²) in [6, 6.07) is 6.44. The number of hydrogen-bond donors (Lipinski definition) is 2. The quantitative estimate of drug-likeness (QED) is 0.874. The van der Waals surface area contributed by atoms with Gasteiger partial charge in [-0.15, -0.1) is 12.4 Å². The number of carbonyl (C=O) groups excluding carboxylic acids is 1. The molecule has 2 atom stereocenters. The number of halogens is 1. The maximum Gasteiger partial charge on any atom is 0.261 e. The van der Waals surface area contributed by atoms with Gasteiger partial charge in [-0.05, 0) is 49.9 Å². The van der Waals surface area contributed by atoms with Gasteiger partial charge >= 0.3 is 0 Å². The molecule has 0 aliphatic carbocycles. The molecule has 2 N–H and O–H groups in total. The summed E-state index contributed by atoms with van der Waals surface area (Å²) in [4.78, 5) is 12.2. The lowest BCUT2D eigenvalue weighted by Gasteiger charge is -2.19. The lowest BCUT2D eigenvalue weighted by molar-refractivity contribution is -0.127. The number of benzene rings is 1. The summed E-state index contributed by atoms with van der Waals surface area (Å²) >= 11 is 0. The highest BCUT2D eigenvalue weighted by molar-refractivity contribution is 5.85. The molecule has 1 aromatic carbocycles. The van der Waals surface area contributed by atoms with Gasteiger partial charge in [-0.25, -0.2) is 0 Å². The van der Waals surface area contributed by atoms with Crippen LogP contribution in [0, 0.1) is 6.92 Å². The van der Waals surface area contributed by atoms with E-state index in [1.165, 1.54) is 5.56 Å². The molecule has 1 saturated heterocycles. The normalized spacial score (nSPS) is 18.7. The number of nitrogens with one attached hydrogen (secondary N) is 2. The number of carbonyl (C=O) groups is 1. The first-order chi connectivity index (χ1) is 9.97. The minimum atomic E-state index is -0.480. The number of aryl methyl sites for hydroxylation is 1. The Bertz CT molecular complexity index is 499. The maximum absolute atomic E-state index is 12.2. The standard InChI is InChI=1S/C17H26N2O2.ClH/c1-11(2)14-6-5-12(3)16(9-14)21-13(4)17(20)19-15-7-8-18-10-15;/h5-6,9,11,13,15,18H,7-8,10H2,1-4H3,(H,19,20);1H. The van der Waals surface area contributed by atoms with Crippen LogP contribution in [0.2, 0.25) is 0 Å². The summed E-state index contributed by atoms with van der Waals surface area (Å²) in [6.07, 6.45) is 0.507. The molecule has 0 bridgehead atoms. The van der Waals surface area contributed by atoms with Crippen molar-refractivity contribution >= 4 is 18.3 Å². The second-order valence-corrected chi connectivity index (χ2v) is 6.14. The average Bonchev–Trinajstić information content (AvgIpc) is 2.93. The molecule has 2 rings (SSSR count). The third-order valence-corrected chi connectivity index (χ3v) is 3.96. The van der Waals surface area contributed by atoms with E-state index in [2.05, 4.69) is 36.6 Å². The molecule has 0 aromatic heterocycles. The highest BCUT2D eigenvalue weighted by Gasteiger charge is 2.22. The fraction of sp³-hybridized carbons (Fsp3) is 0.588. The van der Waals surface area contributed by atoms with Crippen LogP contribution < -0.4 is 15.4 Å². The molecule has 1 aliphatic rings. The van der Waals surface area contributed by atoms with E-state index in [-0.39, 0.29) is 24.4 Å². The van der Waals surface area contributed by atoms with Gasteiger partial charge in [0.2, 0.25) is 0 Å². The fourth-order valence-electron chi connectivity index (χ4n) is 2.44. The van der Waals surface area contributed by atoms with E-state index < -0.39 is 6.10 Å². The second-order valence-electron chi connectivity index (χ2n) is 6.14. The van der Waals surface area contributed by atoms with Gasteiger partial charge in [-0.1, -0.05) is 26.0 Å². The van der Waals surface area contributed by atoms with E-state index in [1.807, 2.05) is 13.0 Å². The smallest absolute Gasteiger partial charge is 0.261 e. The second kappa shape index (κ2) is 8.39. The largest absolute Gasteiger partial charge is 0.481 e. The van der Waals surface area contributed by atoms with E-state index in [4.69, 9.17) is 4.74 Å². The Hall–Kier alpha value is -1.26. The van der Waals surface area contributed by atoms with Crippen molar-refractivity contribution in [3.63, 3.8) is 0 Å². The Kier molecular flexibility index (Phi) is 7.17. The van der Waals surface area contributed by atoms with Crippen molar-refractivity contribution in [1.29, 1.82) is 0 Å². The molecule has 1 aliphatic heterocycles. The van der Waals surface area contributed by atoms with Crippen LogP contribution in [0.25, 0.3) is 0 Å². The lowest BCUT2D eigenvalue weighted by Crippen LogP contribution is -2.43. The van der Waals surface area contributed by atoms with Crippen molar-refractivity contribution in [2.24, 2.45) is 0 Å². The summed E-state index contributed by atoms with van der Waals surface area (Å²) in [5, 5.41) is 6.27. The van der Waals surface area contributed by atoms with E-state index in [0.717, 1.165) is 30.8 Å². The lowest BCUT2D eigenvalue weighted by atomic mass is 10.0. The molecule has 1 aromatic rings. The van der Waals surface area contributed by atoms with Crippen LogP contribution in [-0.2, 0) is 4.79 Å². The van der Waals surface area contributed by atoms with Crippen LogP contribution >= 0.6 is 12.4 Å². The van der Waals surface area contributed by atoms with Gasteiger partial charge in [-0.2, -0.15) is 0 Å². The Labute approximate surface area is 139 Å². The molecule has 0 spiro atoms. The van der Waals surface area contributed by atoms with Crippen LogP contribution in [0.4, 0.5) is 0 Å². The fourth-order valence-corrected chi connectivity index (χ4v) is 2.44. The van der Waals surface area contributed by atoms with Crippen LogP contribution in [-0.4, -0.2) is 31.1 Å². The zero-order valence-electron chi connectivity index (χ0n) is 13.8. The molecule has 0 radical (unpaired) electrons. The van der Waals surface area contributed by atoms with Gasteiger partial charge in [0.25, 0.3) is 5.91 Å². The topological polar surface area (TPSA) is 50.4 Å². The third kappa shape index (κ3) is 4.89. The first-order valence-corrected chi connectivity index (χ1v) is 7.75. The molecule has 124 valence electrons. The van der Waals surface area contributed by atoms with Crippen molar-refractivity contribution in [1.82, 2.24) is 10.6 Å². The zero-order chi connectivity index (χ0) is 15.4. The van der Waals surface area contributed by atoms with Crippen molar-refractivity contribution in [3.05, 3.63) is 29.3 Å². The van der Waals surface area contributed by atoms with Gasteiger partial charge in [0.05, 0.1) is 0 Å². The minimum Gasteiger partial charge on any atom is -0.481 e. The Morgan fingerprint density at radius 1 is 1.36 bits per heavy atom. The van der Waals surface area contributed by atoms with E-state index >= 15 is 0 Å². The van der Waals surface area contributed by atoms with Crippen molar-refractivity contribution in [2.75, 3.05) is 13.1 Å². The van der Waals surface area contributed by atoms with Crippen LogP contribution in [0.1, 0.15) is 44.2 Å². The predicted octanol–water partition coefficient (Wildman–Crippen LogP) is 2.79. The molecule has 5 heteroatoms. The Morgan fingerprint density at radius 3 is 2.68 bits per heavy atom. The highest BCUT2D eigenvalue weighted by atomic mass is 35.5. The maximum atomic E-state index is 12.2. The van der Waals surface area contributed by atoms with E-state index in [9.17, 15) is 4.79 Å². The number of hydrogen-bond acceptors (Lipinski definition) is 3. The first kappa shape index (κ1) is 18.8. The van der Waals surface area contributed by atoms with Gasteiger partial charge in [0, 0.05) is 12.6 Å². The summed E-state index contributed by atoms with van der Waals surface area (Å²) < 4.78 is 5.88. The SMILES string of the molecule is Cc1ccc(C(C)C)cc1OC(C)C(=O)NC1CCNC1.Cl. The highest BCUT2D eigenvalue weighted by Crippen LogP contribution is 2.25. The molecular weight excluding hydrogens is 300 g/mol. The number of rotatable bonds is 5. The van der Waals surface area contributed by atoms with Crippen molar-refractivity contribution in [2.45, 2.75) is 52.2 Å². The molecule has 4 nitrogen and oxygen atoms in total. The van der Waals surface area contributed by atoms with Gasteiger partial charge < -0.3 is 15.4 Å². The van der Waals surface area contributed by atoms with E-state index in [1.54, 1.807) is 6.92 Å². The number of amides is 1. The number of ether oxygens (including phenoxy) is 1. The molecule has 22 heavy (non-hydrogen) atoms. The van der Waals surface area contributed by atoms with Crippen molar-refractivity contribution < 1.29 is 9.53 Å². The summed E-state index contributed by atoms with van der Waals surface area (Å²) in [5.74, 6) is 1.20. The monoisotopic (exact) mass is 326 g/mol. The minimum absolute atomic E-state index is 0. The molecule has 0 saturated carbocycles. The van der Waals surface area contributed by atoms with Gasteiger partial charge in [-0.3, -0.25) is 4.79 Å². The molecule has 1 amide bonds. The van der Waals surface area contributed by atoms with Crippen LogP contribution in [0.15, 0.2) is 18.2 Å². The molecule has 1 heterocycles. The zero-order valence-corrected chi connectivity index (χ0v) is 14.6. The third-order valence-electron chi connectivity index (χ3n) is 3.96. The van der Waals surface area contributed by atoms with E-state index in [0.29, 0.717) is 5.92 Å². The van der Waals surface area contributed by atoms with Crippen LogP contribution in [0.5, 0.6) is 5.75 Å². The van der Waals surface area contributed by atoms with Crippen LogP contribution in [0.3, 0.4) is 0 Å². The summed E-state index contributed by atoms with van der Waals surface area (Å²) in [7, 11) is 0. The summed E-state index contributed by atoms with van der Waals surface area (Å²) in [6.45, 7) is 9.93. The first-order valence-electron chi connectivity index (χ1n) is 7.75. The van der Waals surface area contributed by atoms with Gasteiger partial charge in [0.1, 0.15) is 5.75 Å². The Morgan fingerprint density at radius 2 is 2.09 bits per heavy atom. The average molecular weight is 327 g/mol. The Balaban J connectivity index is 0.00000242. The van der Waals surface area contributed by atoms with Gasteiger partial charge in [0.15, 0.2) is 6.10 Å².